The average molecular weight is 337 g/mol. The normalized spacial score (nSPS) is 15.7. The fraction of sp³-hybridized carbons (Fsp3) is 0.400. The van der Waals surface area contributed by atoms with Gasteiger partial charge in [0.25, 0.3) is 0 Å². The van der Waals surface area contributed by atoms with Crippen molar-refractivity contribution >= 4 is 22.5 Å². The third-order valence-electron chi connectivity index (χ3n) is 5.08. The summed E-state index contributed by atoms with van der Waals surface area (Å²) >= 11 is 0. The van der Waals surface area contributed by atoms with Gasteiger partial charge in [0, 0.05) is 24.4 Å². The van der Waals surface area contributed by atoms with Gasteiger partial charge in [-0.15, -0.1) is 0 Å². The van der Waals surface area contributed by atoms with Gasteiger partial charge < -0.3 is 15.3 Å². The summed E-state index contributed by atoms with van der Waals surface area (Å²) in [7, 11) is 1.74. The summed E-state index contributed by atoms with van der Waals surface area (Å²) < 4.78 is 0. The standard InChI is InChI=1S/C20H23N3O2/c1-23(13-12-20(25)10-4-5-11-20)19(24)22-18-9-8-15(14-21)16-6-2-3-7-17(16)18/h2-3,6-9,25H,4-5,10-13H2,1H3,(H,22,24). The minimum absolute atomic E-state index is 0.212. The van der Waals surface area contributed by atoms with Crippen molar-refractivity contribution in [2.45, 2.75) is 37.7 Å². The summed E-state index contributed by atoms with van der Waals surface area (Å²) in [5.74, 6) is 0. The summed E-state index contributed by atoms with van der Waals surface area (Å²) in [5, 5.41) is 24.2. The molecule has 0 aliphatic heterocycles. The summed E-state index contributed by atoms with van der Waals surface area (Å²) in [5.41, 5.74) is 0.659. The highest BCUT2D eigenvalue weighted by molar-refractivity contribution is 6.03. The molecule has 0 spiro atoms. The molecule has 2 amide bonds. The van der Waals surface area contributed by atoms with Crippen LogP contribution in [-0.4, -0.2) is 35.2 Å². The van der Waals surface area contributed by atoms with Crippen molar-refractivity contribution in [3.05, 3.63) is 42.0 Å². The molecule has 130 valence electrons. The smallest absolute Gasteiger partial charge is 0.321 e. The van der Waals surface area contributed by atoms with E-state index in [0.717, 1.165) is 36.5 Å². The first-order chi connectivity index (χ1) is 12.0. The molecular formula is C20H23N3O2. The number of nitrogens with zero attached hydrogens (tertiary/aromatic N) is 2. The number of aliphatic hydroxyl groups is 1. The van der Waals surface area contributed by atoms with E-state index in [1.54, 1.807) is 24.1 Å². The zero-order chi connectivity index (χ0) is 17.9. The van der Waals surface area contributed by atoms with Crippen LogP contribution < -0.4 is 5.32 Å². The number of rotatable bonds is 4. The highest BCUT2D eigenvalue weighted by atomic mass is 16.3. The number of amides is 2. The largest absolute Gasteiger partial charge is 0.390 e. The van der Waals surface area contributed by atoms with Crippen LogP contribution in [0.3, 0.4) is 0 Å². The molecule has 5 heteroatoms. The van der Waals surface area contributed by atoms with E-state index in [2.05, 4.69) is 11.4 Å². The maximum Gasteiger partial charge on any atom is 0.321 e. The second kappa shape index (κ2) is 7.12. The summed E-state index contributed by atoms with van der Waals surface area (Å²) in [6.45, 7) is 0.510. The van der Waals surface area contributed by atoms with Crippen molar-refractivity contribution in [2.24, 2.45) is 0 Å². The maximum atomic E-state index is 12.5. The van der Waals surface area contributed by atoms with Crippen LogP contribution in [0.4, 0.5) is 10.5 Å². The van der Waals surface area contributed by atoms with E-state index >= 15 is 0 Å². The Morgan fingerprint density at radius 3 is 2.60 bits per heavy atom. The average Bonchev–Trinajstić information content (AvgIpc) is 3.07. The highest BCUT2D eigenvalue weighted by Crippen LogP contribution is 2.32. The molecule has 3 rings (SSSR count). The van der Waals surface area contributed by atoms with Gasteiger partial charge in [-0.25, -0.2) is 4.79 Å². The molecule has 0 bridgehead atoms. The number of fused-ring (bicyclic) bond motifs is 1. The second-order valence-electron chi connectivity index (χ2n) is 6.85. The van der Waals surface area contributed by atoms with Crippen LogP contribution in [0.1, 0.15) is 37.7 Å². The van der Waals surface area contributed by atoms with Gasteiger partial charge in [0.05, 0.1) is 22.9 Å². The zero-order valence-corrected chi connectivity index (χ0v) is 14.5. The van der Waals surface area contributed by atoms with Crippen molar-refractivity contribution in [1.29, 1.82) is 5.26 Å². The first kappa shape index (κ1) is 17.2. The number of nitrogens with one attached hydrogen (secondary N) is 1. The minimum atomic E-state index is -0.615. The molecule has 1 aliphatic rings. The van der Waals surface area contributed by atoms with Crippen LogP contribution >= 0.6 is 0 Å². The van der Waals surface area contributed by atoms with E-state index in [1.165, 1.54) is 0 Å². The predicted octanol–water partition coefficient (Wildman–Crippen LogP) is 3.87. The molecule has 25 heavy (non-hydrogen) atoms. The number of carbonyl (C=O) groups is 1. The first-order valence-corrected chi connectivity index (χ1v) is 8.69. The topological polar surface area (TPSA) is 76.4 Å². The Hall–Kier alpha value is -2.58. The van der Waals surface area contributed by atoms with E-state index in [0.29, 0.717) is 24.2 Å². The monoisotopic (exact) mass is 337 g/mol. The molecule has 1 aliphatic carbocycles. The zero-order valence-electron chi connectivity index (χ0n) is 14.5. The van der Waals surface area contributed by atoms with E-state index in [1.807, 2.05) is 24.3 Å². The van der Waals surface area contributed by atoms with Gasteiger partial charge in [-0.3, -0.25) is 0 Å². The molecule has 0 radical (unpaired) electrons. The Balaban J connectivity index is 1.70. The molecule has 2 aromatic carbocycles. The number of hydrogen-bond donors (Lipinski definition) is 2. The lowest BCUT2D eigenvalue weighted by molar-refractivity contribution is 0.0335. The lowest BCUT2D eigenvalue weighted by Gasteiger charge is -2.26. The Morgan fingerprint density at radius 2 is 1.92 bits per heavy atom. The molecule has 2 aromatic rings. The van der Waals surface area contributed by atoms with E-state index in [4.69, 9.17) is 0 Å². The van der Waals surface area contributed by atoms with Crippen LogP contribution in [0, 0.1) is 11.3 Å². The van der Waals surface area contributed by atoms with Gasteiger partial charge in [-0.1, -0.05) is 37.1 Å². The van der Waals surface area contributed by atoms with Crippen molar-refractivity contribution in [2.75, 3.05) is 18.9 Å². The van der Waals surface area contributed by atoms with E-state index in [-0.39, 0.29) is 6.03 Å². The molecule has 0 saturated heterocycles. The summed E-state index contributed by atoms with van der Waals surface area (Å²) in [4.78, 5) is 14.1. The van der Waals surface area contributed by atoms with Gasteiger partial charge in [-0.2, -0.15) is 5.26 Å². The molecular weight excluding hydrogens is 314 g/mol. The number of nitriles is 1. The fourth-order valence-corrected chi connectivity index (χ4v) is 3.48. The van der Waals surface area contributed by atoms with Crippen molar-refractivity contribution in [3.8, 4) is 6.07 Å². The fourth-order valence-electron chi connectivity index (χ4n) is 3.48. The third kappa shape index (κ3) is 3.75. The number of urea groups is 1. The number of carbonyl (C=O) groups excluding carboxylic acids is 1. The van der Waals surface area contributed by atoms with Gasteiger partial charge in [0.1, 0.15) is 0 Å². The predicted molar refractivity (Wildman–Crippen MR) is 98.3 cm³/mol. The highest BCUT2D eigenvalue weighted by Gasteiger charge is 2.31. The molecule has 0 atom stereocenters. The van der Waals surface area contributed by atoms with Gasteiger partial charge in [0.15, 0.2) is 0 Å². The van der Waals surface area contributed by atoms with Crippen LogP contribution in [-0.2, 0) is 0 Å². The quantitative estimate of drug-likeness (QED) is 0.889. The van der Waals surface area contributed by atoms with Gasteiger partial charge in [-0.05, 0) is 31.4 Å². The maximum absolute atomic E-state index is 12.5. The summed E-state index contributed by atoms with van der Waals surface area (Å²) in [6, 6.07) is 13.0. The Kier molecular flexibility index (Phi) is 4.91. The molecule has 0 heterocycles. The van der Waals surface area contributed by atoms with Crippen molar-refractivity contribution in [3.63, 3.8) is 0 Å². The first-order valence-electron chi connectivity index (χ1n) is 8.69. The third-order valence-corrected chi connectivity index (χ3v) is 5.08. The number of benzene rings is 2. The second-order valence-corrected chi connectivity index (χ2v) is 6.85. The van der Waals surface area contributed by atoms with Crippen molar-refractivity contribution in [1.82, 2.24) is 4.90 Å². The molecule has 1 saturated carbocycles. The number of hydrogen-bond acceptors (Lipinski definition) is 3. The molecule has 5 nitrogen and oxygen atoms in total. The van der Waals surface area contributed by atoms with Gasteiger partial charge >= 0.3 is 6.03 Å². The molecule has 0 unspecified atom stereocenters. The summed E-state index contributed by atoms with van der Waals surface area (Å²) in [6.07, 6.45) is 4.36. The lowest BCUT2D eigenvalue weighted by atomic mass is 9.98. The molecule has 0 aromatic heterocycles. The van der Waals surface area contributed by atoms with Gasteiger partial charge in [0.2, 0.25) is 0 Å². The van der Waals surface area contributed by atoms with Crippen LogP contribution in [0.25, 0.3) is 10.8 Å². The van der Waals surface area contributed by atoms with Crippen molar-refractivity contribution < 1.29 is 9.90 Å². The molecule has 2 N–H and O–H groups in total. The van der Waals surface area contributed by atoms with Crippen LogP contribution in [0.5, 0.6) is 0 Å². The van der Waals surface area contributed by atoms with Crippen LogP contribution in [0.2, 0.25) is 0 Å². The Morgan fingerprint density at radius 1 is 1.24 bits per heavy atom. The van der Waals surface area contributed by atoms with Crippen LogP contribution in [0.15, 0.2) is 36.4 Å². The Bertz CT molecular complexity index is 819. The SMILES string of the molecule is CN(CCC1(O)CCCC1)C(=O)Nc1ccc(C#N)c2ccccc12. The molecule has 1 fully saturated rings. The lowest BCUT2D eigenvalue weighted by Crippen LogP contribution is -2.36. The minimum Gasteiger partial charge on any atom is -0.390 e. The Labute approximate surface area is 147 Å². The van der Waals surface area contributed by atoms with E-state index < -0.39 is 5.60 Å². The van der Waals surface area contributed by atoms with E-state index in [9.17, 15) is 15.2 Å². The number of anilines is 1.